The van der Waals surface area contributed by atoms with Crippen molar-refractivity contribution in [2.75, 3.05) is 0 Å². The van der Waals surface area contributed by atoms with E-state index in [9.17, 15) is 5.11 Å². The molecule has 0 bridgehead atoms. The van der Waals surface area contributed by atoms with Gasteiger partial charge < -0.3 is 9.76 Å². The lowest BCUT2D eigenvalue weighted by molar-refractivity contribution is -0.0916. The van der Waals surface area contributed by atoms with Crippen LogP contribution in [0.15, 0.2) is 0 Å². The molecule has 2 nitrogen and oxygen atoms in total. The molecule has 0 aromatic heterocycles. The van der Waals surface area contributed by atoms with Crippen LogP contribution >= 0.6 is 0 Å². The molecule has 0 aromatic carbocycles. The van der Waals surface area contributed by atoms with Crippen LogP contribution in [0.1, 0.15) is 48.5 Å². The smallest absolute Gasteiger partial charge is 0.281 e. The van der Waals surface area contributed by atoms with Gasteiger partial charge in [0.2, 0.25) is 0 Å². The predicted molar refractivity (Wildman–Crippen MR) is 58.3 cm³/mol. The summed E-state index contributed by atoms with van der Waals surface area (Å²) in [4.78, 5) is 0. The van der Waals surface area contributed by atoms with Crippen molar-refractivity contribution in [3.63, 3.8) is 0 Å². The summed E-state index contributed by atoms with van der Waals surface area (Å²) in [5, 5.41) is 9.96. The van der Waals surface area contributed by atoms with Gasteiger partial charge in [-0.3, -0.25) is 0 Å². The van der Waals surface area contributed by atoms with Crippen molar-refractivity contribution >= 4 is 7.48 Å². The van der Waals surface area contributed by atoms with Crippen LogP contribution in [0.3, 0.4) is 0 Å². The van der Waals surface area contributed by atoms with E-state index >= 15 is 0 Å². The molecule has 0 spiro atoms. The van der Waals surface area contributed by atoms with Crippen molar-refractivity contribution in [1.82, 2.24) is 0 Å². The lowest BCUT2D eigenvalue weighted by Gasteiger charge is -2.39. The van der Waals surface area contributed by atoms with E-state index in [1.807, 2.05) is 13.8 Å². The van der Waals surface area contributed by atoms with Gasteiger partial charge in [-0.25, -0.2) is 0 Å². The van der Waals surface area contributed by atoms with Gasteiger partial charge in [0.25, 0.3) is 7.48 Å². The molecule has 0 saturated heterocycles. The van der Waals surface area contributed by atoms with Crippen LogP contribution in [0, 0.1) is 0 Å². The Hall–Kier alpha value is -0.0151. The van der Waals surface area contributed by atoms with Gasteiger partial charge in [0.1, 0.15) is 0 Å². The zero-order valence-electron chi connectivity index (χ0n) is 10.1. The minimum absolute atomic E-state index is 0.141. The highest BCUT2D eigenvalue weighted by Gasteiger charge is 2.36. The standard InChI is InChI=1S/C10H23BO2/c1-8(2,3)11-13-10(6,7)9(4,5)12/h11-12H,1-7H3. The highest BCUT2D eigenvalue weighted by atomic mass is 16.5. The fourth-order valence-electron chi connectivity index (χ4n) is 0.574. The third-order valence-electron chi connectivity index (χ3n) is 2.34. The fraction of sp³-hybridized carbons (Fsp3) is 1.00. The Kier molecular flexibility index (Phi) is 3.62. The zero-order chi connectivity index (χ0) is 10.9. The Bertz CT molecular complexity index is 163. The SMILES string of the molecule is CC(C)(C)BOC(C)(C)C(C)(C)O. The van der Waals surface area contributed by atoms with Crippen molar-refractivity contribution < 1.29 is 9.76 Å². The van der Waals surface area contributed by atoms with Crippen LogP contribution < -0.4 is 0 Å². The van der Waals surface area contributed by atoms with Crippen molar-refractivity contribution in [3.8, 4) is 0 Å². The summed E-state index contributed by atoms with van der Waals surface area (Å²) in [7, 11) is 0.657. The fourth-order valence-corrected chi connectivity index (χ4v) is 0.574. The molecule has 0 aliphatic carbocycles. The van der Waals surface area contributed by atoms with Gasteiger partial charge >= 0.3 is 0 Å². The maximum atomic E-state index is 9.82. The number of aliphatic hydroxyl groups is 1. The van der Waals surface area contributed by atoms with E-state index < -0.39 is 11.2 Å². The maximum Gasteiger partial charge on any atom is 0.281 e. The van der Waals surface area contributed by atoms with Crippen LogP contribution in [-0.4, -0.2) is 23.8 Å². The monoisotopic (exact) mass is 186 g/mol. The van der Waals surface area contributed by atoms with Crippen LogP contribution in [0.5, 0.6) is 0 Å². The van der Waals surface area contributed by atoms with E-state index in [1.54, 1.807) is 13.8 Å². The Morgan fingerprint density at radius 3 is 1.54 bits per heavy atom. The molecule has 0 rings (SSSR count). The molecule has 13 heavy (non-hydrogen) atoms. The first-order chi connectivity index (χ1) is 5.46. The molecule has 0 unspecified atom stereocenters. The van der Waals surface area contributed by atoms with Crippen molar-refractivity contribution in [1.29, 1.82) is 0 Å². The molecule has 0 radical (unpaired) electrons. The largest absolute Gasteiger partial charge is 0.431 e. The average Bonchev–Trinajstić information content (AvgIpc) is 1.79. The van der Waals surface area contributed by atoms with Gasteiger partial charge in [-0.15, -0.1) is 0 Å². The topological polar surface area (TPSA) is 29.5 Å². The third kappa shape index (κ3) is 4.68. The minimum Gasteiger partial charge on any atom is -0.431 e. The Balaban J connectivity index is 4.21. The zero-order valence-corrected chi connectivity index (χ0v) is 10.1. The third-order valence-corrected chi connectivity index (χ3v) is 2.34. The van der Waals surface area contributed by atoms with E-state index in [0.717, 1.165) is 0 Å². The molecular formula is C10H23BO2. The Morgan fingerprint density at radius 1 is 0.923 bits per heavy atom. The minimum atomic E-state index is -0.807. The molecule has 0 aliphatic heterocycles. The van der Waals surface area contributed by atoms with E-state index in [0.29, 0.717) is 7.48 Å². The summed E-state index contributed by atoms with van der Waals surface area (Å²) >= 11 is 0. The van der Waals surface area contributed by atoms with Gasteiger partial charge in [-0.1, -0.05) is 20.8 Å². The van der Waals surface area contributed by atoms with Gasteiger partial charge in [0.15, 0.2) is 0 Å². The molecule has 1 N–H and O–H groups in total. The van der Waals surface area contributed by atoms with E-state index in [4.69, 9.17) is 4.65 Å². The highest BCUT2D eigenvalue weighted by molar-refractivity contribution is 6.31. The van der Waals surface area contributed by atoms with Gasteiger partial charge in [0, 0.05) is 0 Å². The Labute approximate surface area is 83.0 Å². The molecule has 0 amide bonds. The highest BCUT2D eigenvalue weighted by Crippen LogP contribution is 2.29. The first-order valence-corrected chi connectivity index (χ1v) is 4.82. The molecule has 0 heterocycles. The summed E-state index contributed by atoms with van der Waals surface area (Å²) in [6, 6.07) is 0. The summed E-state index contributed by atoms with van der Waals surface area (Å²) in [5.41, 5.74) is -1.31. The molecule has 0 saturated carbocycles. The summed E-state index contributed by atoms with van der Waals surface area (Å²) in [6.45, 7) is 13.7. The average molecular weight is 186 g/mol. The van der Waals surface area contributed by atoms with Crippen LogP contribution in [0.4, 0.5) is 0 Å². The normalized spacial score (nSPS) is 14.5. The predicted octanol–water partition coefficient (Wildman–Crippen LogP) is 2.12. The number of hydrogen-bond donors (Lipinski definition) is 1. The molecule has 0 fully saturated rings. The van der Waals surface area contributed by atoms with Crippen LogP contribution in [0.2, 0.25) is 5.31 Å². The Morgan fingerprint density at radius 2 is 1.31 bits per heavy atom. The molecule has 0 atom stereocenters. The first-order valence-electron chi connectivity index (χ1n) is 4.82. The van der Waals surface area contributed by atoms with Gasteiger partial charge in [0.05, 0.1) is 11.2 Å². The summed E-state index contributed by atoms with van der Waals surface area (Å²) in [6.07, 6.45) is 0. The molecule has 3 heteroatoms. The van der Waals surface area contributed by atoms with E-state index in [1.165, 1.54) is 0 Å². The maximum absolute atomic E-state index is 9.82. The quantitative estimate of drug-likeness (QED) is 0.684. The summed E-state index contributed by atoms with van der Waals surface area (Å²) in [5.74, 6) is 0. The van der Waals surface area contributed by atoms with E-state index in [2.05, 4.69) is 20.8 Å². The molecule has 0 aliphatic rings. The van der Waals surface area contributed by atoms with Crippen LogP contribution in [-0.2, 0) is 4.65 Å². The first kappa shape index (κ1) is 13.0. The van der Waals surface area contributed by atoms with Crippen LogP contribution in [0.25, 0.3) is 0 Å². The molecular weight excluding hydrogens is 163 g/mol. The van der Waals surface area contributed by atoms with Crippen molar-refractivity contribution in [2.24, 2.45) is 0 Å². The lowest BCUT2D eigenvalue weighted by atomic mass is 9.67. The second kappa shape index (κ2) is 3.62. The number of hydrogen-bond acceptors (Lipinski definition) is 2. The van der Waals surface area contributed by atoms with Gasteiger partial charge in [-0.05, 0) is 33.0 Å². The molecule has 0 aromatic rings. The molecule has 78 valence electrons. The summed E-state index contributed by atoms with van der Waals surface area (Å²) < 4.78 is 5.71. The van der Waals surface area contributed by atoms with E-state index in [-0.39, 0.29) is 5.31 Å². The van der Waals surface area contributed by atoms with Gasteiger partial charge in [-0.2, -0.15) is 0 Å². The van der Waals surface area contributed by atoms with Crippen molar-refractivity contribution in [2.45, 2.75) is 65.0 Å². The second-order valence-electron chi connectivity index (χ2n) is 5.92. The number of rotatable bonds is 3. The second-order valence-corrected chi connectivity index (χ2v) is 5.92. The van der Waals surface area contributed by atoms with Crippen molar-refractivity contribution in [3.05, 3.63) is 0 Å². The lowest BCUT2D eigenvalue weighted by Crippen LogP contribution is -2.48.